The number of quaternary nitrogens is 1. The Kier molecular flexibility index (Phi) is 1.24. The number of ether oxygens (including phenoxy) is 1. The Morgan fingerprint density at radius 2 is 1.78 bits per heavy atom. The van der Waals surface area contributed by atoms with Gasteiger partial charge in [0.05, 0.1) is 18.5 Å². The van der Waals surface area contributed by atoms with E-state index in [1.54, 1.807) is 0 Å². The predicted octanol–water partition coefficient (Wildman–Crippen LogP) is -0.640. The van der Waals surface area contributed by atoms with Crippen molar-refractivity contribution in [1.29, 1.82) is 0 Å². The summed E-state index contributed by atoms with van der Waals surface area (Å²) in [5.41, 5.74) is 0.720. The van der Waals surface area contributed by atoms with E-state index in [2.05, 4.69) is 5.32 Å². The zero-order valence-corrected chi connectivity index (χ0v) is 5.73. The van der Waals surface area contributed by atoms with Gasteiger partial charge in [-0.05, 0) is 12.8 Å². The smallest absolute Gasteiger partial charge is 0.0869 e. The molecule has 0 unspecified atom stereocenters. The lowest BCUT2D eigenvalue weighted by atomic mass is 9.75. The van der Waals surface area contributed by atoms with Crippen LogP contribution in [0.3, 0.4) is 0 Å². The number of hydrogen-bond donors (Lipinski definition) is 1. The van der Waals surface area contributed by atoms with E-state index in [0.29, 0.717) is 0 Å². The second kappa shape index (κ2) is 1.96. The van der Waals surface area contributed by atoms with Crippen LogP contribution in [-0.4, -0.2) is 26.3 Å². The lowest BCUT2D eigenvalue weighted by Gasteiger charge is -2.41. The molecule has 52 valence electrons. The Morgan fingerprint density at radius 3 is 2.11 bits per heavy atom. The molecule has 0 radical (unpaired) electrons. The summed E-state index contributed by atoms with van der Waals surface area (Å²) in [7, 11) is 0. The third-order valence-corrected chi connectivity index (χ3v) is 2.71. The quantitative estimate of drug-likeness (QED) is 0.461. The fourth-order valence-corrected chi connectivity index (χ4v) is 1.77. The normalized spacial score (nSPS) is 32.0. The maximum absolute atomic E-state index is 5.29. The third-order valence-electron chi connectivity index (χ3n) is 2.71. The van der Waals surface area contributed by atoms with Crippen molar-refractivity contribution in [3.8, 4) is 0 Å². The molecule has 2 aliphatic heterocycles. The van der Waals surface area contributed by atoms with Crippen molar-refractivity contribution >= 4 is 0 Å². The molecule has 0 aromatic heterocycles. The van der Waals surface area contributed by atoms with Gasteiger partial charge in [0.25, 0.3) is 0 Å². The monoisotopic (exact) mass is 128 g/mol. The van der Waals surface area contributed by atoms with Gasteiger partial charge < -0.3 is 10.1 Å². The molecule has 2 saturated heterocycles. The van der Waals surface area contributed by atoms with E-state index in [9.17, 15) is 0 Å². The Morgan fingerprint density at radius 1 is 1.11 bits per heavy atom. The minimum atomic E-state index is 0.720. The first kappa shape index (κ1) is 5.69. The molecule has 0 amide bonds. The van der Waals surface area contributed by atoms with Crippen LogP contribution in [0.4, 0.5) is 0 Å². The van der Waals surface area contributed by atoms with Crippen LogP contribution in [0.5, 0.6) is 0 Å². The number of rotatable bonds is 0. The molecule has 2 fully saturated rings. The molecule has 0 saturated carbocycles. The molecule has 2 rings (SSSR count). The summed E-state index contributed by atoms with van der Waals surface area (Å²) in [6.45, 7) is 4.73. The van der Waals surface area contributed by atoms with Crippen molar-refractivity contribution in [2.45, 2.75) is 12.8 Å². The maximum atomic E-state index is 5.29. The average Bonchev–Trinajstić information content (AvgIpc) is 1.87. The summed E-state index contributed by atoms with van der Waals surface area (Å²) in [5.74, 6) is 0. The molecule has 2 heterocycles. The van der Waals surface area contributed by atoms with Crippen molar-refractivity contribution in [3.05, 3.63) is 0 Å². The van der Waals surface area contributed by atoms with E-state index < -0.39 is 0 Å². The molecule has 2 N–H and O–H groups in total. The van der Waals surface area contributed by atoms with Gasteiger partial charge in [0.1, 0.15) is 0 Å². The fraction of sp³-hybridized carbons (Fsp3) is 1.00. The van der Waals surface area contributed by atoms with Crippen molar-refractivity contribution in [2.75, 3.05) is 26.3 Å². The van der Waals surface area contributed by atoms with Gasteiger partial charge in [-0.3, -0.25) is 0 Å². The Balaban J connectivity index is 1.93. The third kappa shape index (κ3) is 0.864. The average molecular weight is 128 g/mol. The van der Waals surface area contributed by atoms with Gasteiger partial charge >= 0.3 is 0 Å². The SMILES string of the molecule is C1CC2(CCO1)C[NH2+]C2. The molecule has 2 aliphatic rings. The van der Waals surface area contributed by atoms with Gasteiger partial charge in [-0.1, -0.05) is 0 Å². The molecule has 9 heavy (non-hydrogen) atoms. The Hall–Kier alpha value is -0.0800. The van der Waals surface area contributed by atoms with Crippen LogP contribution in [0.25, 0.3) is 0 Å². The van der Waals surface area contributed by atoms with Crippen molar-refractivity contribution in [1.82, 2.24) is 0 Å². The van der Waals surface area contributed by atoms with Crippen LogP contribution in [0.15, 0.2) is 0 Å². The van der Waals surface area contributed by atoms with E-state index >= 15 is 0 Å². The summed E-state index contributed by atoms with van der Waals surface area (Å²) >= 11 is 0. The molecule has 2 nitrogen and oxygen atoms in total. The zero-order valence-electron chi connectivity index (χ0n) is 5.73. The molecule has 0 aliphatic carbocycles. The first-order valence-corrected chi connectivity index (χ1v) is 3.81. The first-order valence-electron chi connectivity index (χ1n) is 3.81. The molecule has 0 aromatic rings. The van der Waals surface area contributed by atoms with Gasteiger partial charge in [0.15, 0.2) is 0 Å². The highest BCUT2D eigenvalue weighted by atomic mass is 16.5. The van der Waals surface area contributed by atoms with Gasteiger partial charge in [-0.15, -0.1) is 0 Å². The molecule has 0 aromatic carbocycles. The second-order valence-electron chi connectivity index (χ2n) is 3.31. The molecule has 0 bridgehead atoms. The lowest BCUT2D eigenvalue weighted by molar-refractivity contribution is -0.744. The molecule has 0 atom stereocenters. The Labute approximate surface area is 55.6 Å². The van der Waals surface area contributed by atoms with E-state index in [1.165, 1.54) is 25.9 Å². The second-order valence-corrected chi connectivity index (χ2v) is 3.31. The summed E-state index contributed by atoms with van der Waals surface area (Å²) < 4.78 is 5.29. The van der Waals surface area contributed by atoms with Crippen LogP contribution in [-0.2, 0) is 4.74 Å². The molecular formula is C7H14NO+. The first-order chi connectivity index (χ1) is 4.41. The van der Waals surface area contributed by atoms with Gasteiger partial charge in [0.2, 0.25) is 0 Å². The lowest BCUT2D eigenvalue weighted by Crippen LogP contribution is -3.00. The fourth-order valence-electron chi connectivity index (χ4n) is 1.77. The topological polar surface area (TPSA) is 25.8 Å². The predicted molar refractivity (Wildman–Crippen MR) is 34.1 cm³/mol. The van der Waals surface area contributed by atoms with Crippen LogP contribution in [0, 0.1) is 5.41 Å². The van der Waals surface area contributed by atoms with Gasteiger partial charge in [0, 0.05) is 13.2 Å². The highest BCUT2D eigenvalue weighted by molar-refractivity contribution is 4.83. The highest BCUT2D eigenvalue weighted by Gasteiger charge is 2.42. The maximum Gasteiger partial charge on any atom is 0.0869 e. The van der Waals surface area contributed by atoms with E-state index in [4.69, 9.17) is 4.74 Å². The summed E-state index contributed by atoms with van der Waals surface area (Å²) in [6.07, 6.45) is 2.62. The van der Waals surface area contributed by atoms with E-state index in [1.807, 2.05) is 0 Å². The Bertz CT molecular complexity index is 101. The van der Waals surface area contributed by atoms with Crippen LogP contribution in [0.1, 0.15) is 12.8 Å². The number of nitrogens with two attached hydrogens (primary N) is 1. The van der Waals surface area contributed by atoms with Crippen molar-refractivity contribution in [2.24, 2.45) is 5.41 Å². The minimum Gasteiger partial charge on any atom is -0.381 e. The zero-order chi connectivity index (χ0) is 6.16. The van der Waals surface area contributed by atoms with Crippen molar-refractivity contribution in [3.63, 3.8) is 0 Å². The standard InChI is InChI=1S/C7H13NO/c1-3-9-4-2-7(1)5-8-6-7/h8H,1-6H2/p+1. The summed E-state index contributed by atoms with van der Waals surface area (Å²) in [4.78, 5) is 0. The van der Waals surface area contributed by atoms with Gasteiger partial charge in [-0.2, -0.15) is 0 Å². The minimum absolute atomic E-state index is 0.720. The number of hydrogen-bond acceptors (Lipinski definition) is 1. The summed E-state index contributed by atoms with van der Waals surface area (Å²) in [5, 5.41) is 2.39. The summed E-state index contributed by atoms with van der Waals surface area (Å²) in [6, 6.07) is 0. The molecule has 1 spiro atoms. The van der Waals surface area contributed by atoms with E-state index in [-0.39, 0.29) is 0 Å². The van der Waals surface area contributed by atoms with Crippen LogP contribution >= 0.6 is 0 Å². The van der Waals surface area contributed by atoms with Crippen LogP contribution < -0.4 is 5.32 Å². The highest BCUT2D eigenvalue weighted by Crippen LogP contribution is 2.29. The van der Waals surface area contributed by atoms with Crippen molar-refractivity contribution < 1.29 is 10.1 Å². The van der Waals surface area contributed by atoms with Crippen LogP contribution in [0.2, 0.25) is 0 Å². The molecule has 2 heteroatoms. The van der Waals surface area contributed by atoms with E-state index in [0.717, 1.165) is 18.6 Å². The van der Waals surface area contributed by atoms with Gasteiger partial charge in [-0.25, -0.2) is 0 Å². The molecular weight excluding hydrogens is 114 g/mol. The largest absolute Gasteiger partial charge is 0.381 e.